The third-order valence-electron chi connectivity index (χ3n) is 2.23. The number of ether oxygens (including phenoxy) is 1. The van der Waals surface area contributed by atoms with Crippen molar-refractivity contribution in [3.05, 3.63) is 0 Å². The predicted octanol–water partition coefficient (Wildman–Crippen LogP) is 2.41. The Labute approximate surface area is 87.4 Å². The van der Waals surface area contributed by atoms with Gasteiger partial charge in [0.15, 0.2) is 0 Å². The van der Waals surface area contributed by atoms with E-state index in [-0.39, 0.29) is 11.9 Å². The molecule has 1 aliphatic rings. The van der Waals surface area contributed by atoms with Crippen LogP contribution in [-0.2, 0) is 9.53 Å². The minimum atomic E-state index is 0.0972. The van der Waals surface area contributed by atoms with Crippen molar-refractivity contribution >= 4 is 5.91 Å². The van der Waals surface area contributed by atoms with E-state index in [2.05, 4.69) is 13.8 Å². The maximum absolute atomic E-state index is 10.7. The molecule has 0 aromatic heterocycles. The highest BCUT2D eigenvalue weighted by Gasteiger charge is 2.22. The van der Waals surface area contributed by atoms with Gasteiger partial charge in [-0.1, -0.05) is 33.1 Å². The Morgan fingerprint density at radius 1 is 1.43 bits per heavy atom. The van der Waals surface area contributed by atoms with Gasteiger partial charge in [0.1, 0.15) is 6.73 Å². The van der Waals surface area contributed by atoms with Crippen molar-refractivity contribution in [2.45, 2.75) is 53.0 Å². The second kappa shape index (κ2) is 7.80. The van der Waals surface area contributed by atoms with Gasteiger partial charge in [0.25, 0.3) is 0 Å². The molecule has 0 bridgehead atoms. The van der Waals surface area contributed by atoms with Crippen molar-refractivity contribution in [3.8, 4) is 0 Å². The van der Waals surface area contributed by atoms with Crippen molar-refractivity contribution in [1.82, 2.24) is 4.90 Å². The van der Waals surface area contributed by atoms with Crippen molar-refractivity contribution < 1.29 is 9.53 Å². The fourth-order valence-electron chi connectivity index (χ4n) is 1.29. The van der Waals surface area contributed by atoms with Gasteiger partial charge < -0.3 is 9.64 Å². The molecule has 1 rings (SSSR count). The second-order valence-corrected chi connectivity index (χ2v) is 3.69. The number of carbonyl (C=O) groups excluding carboxylic acids is 1. The summed E-state index contributed by atoms with van der Waals surface area (Å²) in [6, 6.07) is 0.266. The summed E-state index contributed by atoms with van der Waals surface area (Å²) >= 11 is 0. The highest BCUT2D eigenvalue weighted by Crippen LogP contribution is 2.07. The lowest BCUT2D eigenvalue weighted by atomic mass is 10.3. The molecule has 3 nitrogen and oxygen atoms in total. The maximum Gasteiger partial charge on any atom is 0.221 e. The normalized spacial score (nSPS) is 20.3. The zero-order valence-electron chi connectivity index (χ0n) is 9.88. The van der Waals surface area contributed by atoms with Crippen LogP contribution in [0.2, 0.25) is 0 Å². The average molecular weight is 201 g/mol. The Balaban J connectivity index is 0.000000292. The highest BCUT2D eigenvalue weighted by molar-refractivity contribution is 5.73. The first-order chi connectivity index (χ1) is 6.63. The van der Waals surface area contributed by atoms with Crippen LogP contribution in [0.3, 0.4) is 0 Å². The smallest absolute Gasteiger partial charge is 0.221 e. The summed E-state index contributed by atoms with van der Waals surface area (Å²) in [5.41, 5.74) is 0. The van der Waals surface area contributed by atoms with Crippen molar-refractivity contribution in [1.29, 1.82) is 0 Å². The Morgan fingerprint density at radius 2 is 2.00 bits per heavy atom. The molecule has 1 amide bonds. The number of unbranched alkanes of at least 4 members (excludes halogenated alkanes) is 2. The molecule has 1 aliphatic heterocycles. The Kier molecular flexibility index (Phi) is 7.48. The Bertz CT molecular complexity index is 157. The summed E-state index contributed by atoms with van der Waals surface area (Å²) in [7, 11) is 0. The number of amides is 1. The molecule has 0 spiro atoms. The summed E-state index contributed by atoms with van der Waals surface area (Å²) in [4.78, 5) is 12.4. The van der Waals surface area contributed by atoms with Crippen LogP contribution in [0.15, 0.2) is 0 Å². The van der Waals surface area contributed by atoms with E-state index >= 15 is 0 Å². The van der Waals surface area contributed by atoms with Gasteiger partial charge in [-0.3, -0.25) is 4.79 Å². The van der Waals surface area contributed by atoms with E-state index < -0.39 is 0 Å². The van der Waals surface area contributed by atoms with Gasteiger partial charge in [0.2, 0.25) is 5.91 Å². The van der Waals surface area contributed by atoms with Crippen LogP contribution < -0.4 is 0 Å². The molecule has 0 aromatic carbocycles. The van der Waals surface area contributed by atoms with E-state index in [0.29, 0.717) is 13.3 Å². The highest BCUT2D eigenvalue weighted by atomic mass is 16.5. The lowest BCUT2D eigenvalue weighted by Crippen LogP contribution is -2.32. The largest absolute Gasteiger partial charge is 0.359 e. The van der Waals surface area contributed by atoms with Crippen LogP contribution in [0, 0.1) is 0 Å². The van der Waals surface area contributed by atoms with Crippen LogP contribution >= 0.6 is 0 Å². The molecular formula is C11H23NO2. The summed E-state index contributed by atoms with van der Waals surface area (Å²) < 4.78 is 5.04. The number of hydrogen-bond donors (Lipinski definition) is 0. The van der Waals surface area contributed by atoms with Crippen LogP contribution in [0.5, 0.6) is 0 Å². The van der Waals surface area contributed by atoms with E-state index in [1.165, 1.54) is 19.3 Å². The Hall–Kier alpha value is -0.570. The number of carbonyl (C=O) groups is 1. The minimum Gasteiger partial charge on any atom is -0.359 e. The molecule has 0 aliphatic carbocycles. The number of hydrogen-bond acceptors (Lipinski definition) is 2. The van der Waals surface area contributed by atoms with Gasteiger partial charge in [-0.25, -0.2) is 0 Å². The molecule has 1 heterocycles. The monoisotopic (exact) mass is 201 g/mol. The summed E-state index contributed by atoms with van der Waals surface area (Å²) in [5, 5.41) is 0. The first kappa shape index (κ1) is 13.4. The standard InChI is InChI=1S/C6H11NO2.C5H12/c1-5-3-9-4-7(5)6(2)8;1-3-5-4-2/h5H,3-4H2,1-2H3;3-5H2,1-2H3. The topological polar surface area (TPSA) is 29.5 Å². The van der Waals surface area contributed by atoms with Gasteiger partial charge in [0, 0.05) is 6.92 Å². The molecule has 3 heteroatoms. The van der Waals surface area contributed by atoms with E-state index in [1.54, 1.807) is 11.8 Å². The molecule has 14 heavy (non-hydrogen) atoms. The Morgan fingerprint density at radius 3 is 2.14 bits per heavy atom. The van der Waals surface area contributed by atoms with Gasteiger partial charge in [-0.2, -0.15) is 0 Å². The van der Waals surface area contributed by atoms with Crippen molar-refractivity contribution in [2.24, 2.45) is 0 Å². The molecule has 1 fully saturated rings. The molecule has 84 valence electrons. The average Bonchev–Trinajstić information content (AvgIpc) is 2.54. The third-order valence-corrected chi connectivity index (χ3v) is 2.23. The van der Waals surface area contributed by atoms with E-state index in [1.807, 2.05) is 6.92 Å². The molecule has 0 aromatic rings. The van der Waals surface area contributed by atoms with Crippen LogP contribution in [0.25, 0.3) is 0 Å². The molecule has 1 atom stereocenters. The van der Waals surface area contributed by atoms with Crippen molar-refractivity contribution in [2.75, 3.05) is 13.3 Å². The molecule has 0 radical (unpaired) electrons. The van der Waals surface area contributed by atoms with Gasteiger partial charge in [-0.15, -0.1) is 0 Å². The van der Waals surface area contributed by atoms with E-state index in [9.17, 15) is 4.79 Å². The van der Waals surface area contributed by atoms with E-state index in [4.69, 9.17) is 4.74 Å². The molecule has 0 N–H and O–H groups in total. The first-order valence-corrected chi connectivity index (χ1v) is 5.48. The maximum atomic E-state index is 10.7. The van der Waals surface area contributed by atoms with Crippen LogP contribution in [-0.4, -0.2) is 30.2 Å². The molecule has 1 unspecified atom stereocenters. The SMILES string of the molecule is CC(=O)N1COCC1C.CCCCC. The minimum absolute atomic E-state index is 0.0972. The van der Waals surface area contributed by atoms with Crippen molar-refractivity contribution in [3.63, 3.8) is 0 Å². The van der Waals surface area contributed by atoms with Crippen LogP contribution in [0.4, 0.5) is 0 Å². The van der Waals surface area contributed by atoms with Gasteiger partial charge in [0.05, 0.1) is 12.6 Å². The number of nitrogens with zero attached hydrogens (tertiary/aromatic N) is 1. The molecule has 0 saturated carbocycles. The third kappa shape index (κ3) is 5.22. The van der Waals surface area contributed by atoms with Gasteiger partial charge in [-0.05, 0) is 6.92 Å². The summed E-state index contributed by atoms with van der Waals surface area (Å²) in [6.45, 7) is 9.11. The predicted molar refractivity (Wildman–Crippen MR) is 58.0 cm³/mol. The lowest BCUT2D eigenvalue weighted by Gasteiger charge is -2.15. The lowest BCUT2D eigenvalue weighted by molar-refractivity contribution is -0.130. The number of rotatable bonds is 2. The molecule has 1 saturated heterocycles. The second-order valence-electron chi connectivity index (χ2n) is 3.69. The fourth-order valence-corrected chi connectivity index (χ4v) is 1.29. The van der Waals surface area contributed by atoms with Gasteiger partial charge >= 0.3 is 0 Å². The zero-order chi connectivity index (χ0) is 11.0. The van der Waals surface area contributed by atoms with E-state index in [0.717, 1.165) is 0 Å². The first-order valence-electron chi connectivity index (χ1n) is 5.48. The fraction of sp³-hybridized carbons (Fsp3) is 0.909. The zero-order valence-corrected chi connectivity index (χ0v) is 9.88. The van der Waals surface area contributed by atoms with Crippen LogP contribution in [0.1, 0.15) is 47.0 Å². The quantitative estimate of drug-likeness (QED) is 0.686. The molecular weight excluding hydrogens is 178 g/mol. The summed E-state index contributed by atoms with van der Waals surface area (Å²) in [5.74, 6) is 0.0972. The summed E-state index contributed by atoms with van der Waals surface area (Å²) in [6.07, 6.45) is 4.08.